The lowest BCUT2D eigenvalue weighted by Crippen LogP contribution is -2.50. The number of carbonyl (C=O) groups excluding carboxylic acids is 1. The molecule has 3 heteroatoms. The molecule has 0 atom stereocenters. The van der Waals surface area contributed by atoms with Crippen LogP contribution in [0.15, 0.2) is 24.3 Å². The maximum Gasteiger partial charge on any atom is 0.261 e. The number of rotatable bonds is 5. The second-order valence-corrected chi connectivity index (χ2v) is 7.49. The van der Waals surface area contributed by atoms with Crippen LogP contribution in [0.25, 0.3) is 0 Å². The van der Waals surface area contributed by atoms with Crippen molar-refractivity contribution >= 4 is 5.91 Å². The first kappa shape index (κ1) is 17.3. The van der Waals surface area contributed by atoms with Gasteiger partial charge in [0.1, 0.15) is 5.75 Å². The molecule has 3 nitrogen and oxygen atoms in total. The van der Waals surface area contributed by atoms with Crippen molar-refractivity contribution in [3.8, 4) is 5.75 Å². The Hall–Kier alpha value is -1.51. The Morgan fingerprint density at radius 2 is 1.42 bits per heavy atom. The van der Waals surface area contributed by atoms with Crippen LogP contribution in [-0.2, 0) is 4.79 Å². The molecule has 0 saturated heterocycles. The van der Waals surface area contributed by atoms with Crippen LogP contribution in [0.4, 0.5) is 0 Å². The summed E-state index contributed by atoms with van der Waals surface area (Å²) in [6.07, 6.45) is 12.4. The number of benzene rings is 1. The predicted molar refractivity (Wildman–Crippen MR) is 97.3 cm³/mol. The van der Waals surface area contributed by atoms with E-state index in [-0.39, 0.29) is 12.5 Å². The normalized spacial score (nSPS) is 19.9. The van der Waals surface area contributed by atoms with Gasteiger partial charge in [0.15, 0.2) is 6.61 Å². The van der Waals surface area contributed by atoms with E-state index in [0.29, 0.717) is 12.1 Å². The molecule has 0 radical (unpaired) electrons. The maximum atomic E-state index is 13.0. The lowest BCUT2D eigenvalue weighted by Gasteiger charge is -2.41. The molecule has 1 amide bonds. The molecule has 3 rings (SSSR count). The first-order valence-corrected chi connectivity index (χ1v) is 9.74. The quantitative estimate of drug-likeness (QED) is 0.771. The van der Waals surface area contributed by atoms with Gasteiger partial charge in [0, 0.05) is 12.1 Å². The van der Waals surface area contributed by atoms with Crippen molar-refractivity contribution < 1.29 is 9.53 Å². The molecule has 0 unspecified atom stereocenters. The average molecular weight is 329 g/mol. The van der Waals surface area contributed by atoms with E-state index in [9.17, 15) is 4.79 Å². The highest BCUT2D eigenvalue weighted by Crippen LogP contribution is 2.30. The number of aryl methyl sites for hydroxylation is 1. The largest absolute Gasteiger partial charge is 0.484 e. The lowest BCUT2D eigenvalue weighted by molar-refractivity contribution is -0.140. The molecule has 2 fully saturated rings. The SMILES string of the molecule is Cc1ccc(OCC(=O)N(C2CCCCC2)C2CCCCC2)cc1. The Bertz CT molecular complexity index is 495. The molecule has 2 saturated carbocycles. The highest BCUT2D eigenvalue weighted by Gasteiger charge is 2.32. The second kappa shape index (κ2) is 8.55. The number of carbonyl (C=O) groups is 1. The van der Waals surface area contributed by atoms with Gasteiger partial charge in [-0.15, -0.1) is 0 Å². The third-order valence-corrected chi connectivity index (χ3v) is 5.61. The van der Waals surface area contributed by atoms with Crippen LogP contribution in [0, 0.1) is 6.92 Å². The first-order valence-electron chi connectivity index (χ1n) is 9.74. The van der Waals surface area contributed by atoms with E-state index in [4.69, 9.17) is 4.74 Å². The zero-order chi connectivity index (χ0) is 16.8. The Morgan fingerprint density at radius 3 is 1.92 bits per heavy atom. The van der Waals surface area contributed by atoms with E-state index in [2.05, 4.69) is 11.8 Å². The topological polar surface area (TPSA) is 29.5 Å². The van der Waals surface area contributed by atoms with E-state index in [1.807, 2.05) is 24.3 Å². The third kappa shape index (κ3) is 4.52. The number of hydrogen-bond donors (Lipinski definition) is 0. The van der Waals surface area contributed by atoms with Crippen molar-refractivity contribution in [1.82, 2.24) is 4.90 Å². The molecule has 2 aliphatic rings. The summed E-state index contributed by atoms with van der Waals surface area (Å²) in [5.41, 5.74) is 1.21. The van der Waals surface area contributed by atoms with Gasteiger partial charge in [-0.25, -0.2) is 0 Å². The molecule has 0 bridgehead atoms. The molecule has 0 N–H and O–H groups in total. The van der Waals surface area contributed by atoms with Crippen LogP contribution >= 0.6 is 0 Å². The minimum absolute atomic E-state index is 0.177. The third-order valence-electron chi connectivity index (χ3n) is 5.61. The molecular weight excluding hydrogens is 298 g/mol. The fraction of sp³-hybridized carbons (Fsp3) is 0.667. The molecule has 0 heterocycles. The summed E-state index contributed by atoms with van der Waals surface area (Å²) >= 11 is 0. The van der Waals surface area contributed by atoms with Crippen LogP contribution in [0.3, 0.4) is 0 Å². The van der Waals surface area contributed by atoms with Gasteiger partial charge in [-0.05, 0) is 44.7 Å². The minimum atomic E-state index is 0.177. The van der Waals surface area contributed by atoms with E-state index >= 15 is 0 Å². The van der Waals surface area contributed by atoms with Crippen molar-refractivity contribution in [2.45, 2.75) is 83.2 Å². The molecular formula is C21H31NO2. The molecule has 132 valence electrons. The molecule has 0 spiro atoms. The Kier molecular flexibility index (Phi) is 6.17. The van der Waals surface area contributed by atoms with Gasteiger partial charge in [0.05, 0.1) is 0 Å². The summed E-state index contributed by atoms with van der Waals surface area (Å²) in [4.78, 5) is 15.2. The summed E-state index contributed by atoms with van der Waals surface area (Å²) < 4.78 is 5.79. The van der Waals surface area contributed by atoms with Crippen molar-refractivity contribution in [2.75, 3.05) is 6.61 Å². The summed E-state index contributed by atoms with van der Waals surface area (Å²) in [6.45, 7) is 2.24. The summed E-state index contributed by atoms with van der Waals surface area (Å²) in [7, 11) is 0. The Labute approximate surface area is 146 Å². The average Bonchev–Trinajstić information content (AvgIpc) is 2.63. The molecule has 1 aromatic carbocycles. The minimum Gasteiger partial charge on any atom is -0.484 e. The zero-order valence-electron chi connectivity index (χ0n) is 15.0. The van der Waals surface area contributed by atoms with E-state index in [0.717, 1.165) is 5.75 Å². The fourth-order valence-electron chi connectivity index (χ4n) is 4.28. The van der Waals surface area contributed by atoms with Gasteiger partial charge in [-0.2, -0.15) is 0 Å². The number of nitrogens with zero attached hydrogens (tertiary/aromatic N) is 1. The van der Waals surface area contributed by atoms with Gasteiger partial charge >= 0.3 is 0 Å². The number of amides is 1. The van der Waals surface area contributed by atoms with Crippen LogP contribution in [0.5, 0.6) is 5.75 Å². The van der Waals surface area contributed by atoms with Crippen LogP contribution in [-0.4, -0.2) is 29.5 Å². The number of hydrogen-bond acceptors (Lipinski definition) is 2. The predicted octanol–water partition coefficient (Wildman–Crippen LogP) is 4.87. The zero-order valence-corrected chi connectivity index (χ0v) is 15.0. The van der Waals surface area contributed by atoms with Gasteiger partial charge in [0.2, 0.25) is 0 Å². The maximum absolute atomic E-state index is 13.0. The smallest absolute Gasteiger partial charge is 0.261 e. The highest BCUT2D eigenvalue weighted by molar-refractivity contribution is 5.78. The lowest BCUT2D eigenvalue weighted by atomic mass is 9.88. The number of ether oxygens (including phenoxy) is 1. The van der Waals surface area contributed by atoms with E-state index in [1.165, 1.54) is 69.8 Å². The van der Waals surface area contributed by atoms with E-state index < -0.39 is 0 Å². The standard InChI is InChI=1S/C21H31NO2/c1-17-12-14-20(15-13-17)24-16-21(23)22(18-8-4-2-5-9-18)19-10-6-3-7-11-19/h12-15,18-19H,2-11,16H2,1H3. The van der Waals surface area contributed by atoms with Gasteiger partial charge in [-0.3, -0.25) is 4.79 Å². The van der Waals surface area contributed by atoms with E-state index in [1.54, 1.807) is 0 Å². The second-order valence-electron chi connectivity index (χ2n) is 7.49. The van der Waals surface area contributed by atoms with Crippen LogP contribution < -0.4 is 4.74 Å². The monoisotopic (exact) mass is 329 g/mol. The summed E-state index contributed by atoms with van der Waals surface area (Å²) in [5, 5.41) is 0. The van der Waals surface area contributed by atoms with Gasteiger partial charge in [0.25, 0.3) is 5.91 Å². The Morgan fingerprint density at radius 1 is 0.917 bits per heavy atom. The fourth-order valence-corrected chi connectivity index (χ4v) is 4.28. The van der Waals surface area contributed by atoms with Crippen molar-refractivity contribution in [2.24, 2.45) is 0 Å². The Balaban J connectivity index is 1.64. The first-order chi connectivity index (χ1) is 11.7. The van der Waals surface area contributed by atoms with Crippen molar-refractivity contribution in [3.63, 3.8) is 0 Å². The molecule has 1 aromatic rings. The molecule has 2 aliphatic carbocycles. The molecule has 0 aromatic heterocycles. The molecule has 0 aliphatic heterocycles. The van der Waals surface area contributed by atoms with Crippen LogP contribution in [0.2, 0.25) is 0 Å². The van der Waals surface area contributed by atoms with Crippen molar-refractivity contribution in [1.29, 1.82) is 0 Å². The van der Waals surface area contributed by atoms with Gasteiger partial charge in [-0.1, -0.05) is 56.2 Å². The highest BCUT2D eigenvalue weighted by atomic mass is 16.5. The van der Waals surface area contributed by atoms with Crippen molar-refractivity contribution in [3.05, 3.63) is 29.8 Å². The summed E-state index contributed by atoms with van der Waals surface area (Å²) in [6, 6.07) is 8.84. The van der Waals surface area contributed by atoms with Crippen LogP contribution in [0.1, 0.15) is 69.8 Å². The van der Waals surface area contributed by atoms with Gasteiger partial charge < -0.3 is 9.64 Å². The summed E-state index contributed by atoms with van der Waals surface area (Å²) in [5.74, 6) is 0.982. The molecule has 24 heavy (non-hydrogen) atoms.